The normalized spacial score (nSPS) is 12.5. The smallest absolute Gasteiger partial charge is 0.337 e. The molecule has 0 aliphatic heterocycles. The number of hydrogen-bond donors (Lipinski definition) is 2. The maximum absolute atomic E-state index is 12.6. The Hall–Kier alpha value is -1.53. The van der Waals surface area contributed by atoms with E-state index in [1.807, 2.05) is 0 Å². The molecular formula is C12H11ClF2O4. The van der Waals surface area contributed by atoms with Gasteiger partial charge in [0.15, 0.2) is 11.9 Å². The van der Waals surface area contributed by atoms with Crippen molar-refractivity contribution in [3.05, 3.63) is 34.9 Å². The molecular weight excluding hydrogens is 282 g/mol. The summed E-state index contributed by atoms with van der Waals surface area (Å²) >= 11 is 5.40. The summed E-state index contributed by atoms with van der Waals surface area (Å²) in [6.07, 6.45) is -4.93. The molecule has 1 aromatic rings. The summed E-state index contributed by atoms with van der Waals surface area (Å²) < 4.78 is 25.1. The molecule has 2 N–H and O–H groups in total. The quantitative estimate of drug-likeness (QED) is 0.624. The Morgan fingerprint density at radius 2 is 1.95 bits per heavy atom. The lowest BCUT2D eigenvalue weighted by atomic mass is 9.95. The molecule has 1 rings (SSSR count). The van der Waals surface area contributed by atoms with E-state index in [0.717, 1.165) is 18.2 Å². The fourth-order valence-corrected chi connectivity index (χ4v) is 1.72. The Balaban J connectivity index is 3.30. The highest BCUT2D eigenvalue weighted by Crippen LogP contribution is 2.27. The van der Waals surface area contributed by atoms with Gasteiger partial charge in [-0.05, 0) is 6.07 Å². The fourth-order valence-electron chi connectivity index (χ4n) is 1.55. The molecule has 1 aromatic carbocycles. The number of carboxylic acids is 1. The second-order valence-corrected chi connectivity index (χ2v) is 4.13. The zero-order valence-corrected chi connectivity index (χ0v) is 10.4. The number of aliphatic hydroxyl groups is 1. The van der Waals surface area contributed by atoms with Crippen LogP contribution in [0.5, 0.6) is 0 Å². The van der Waals surface area contributed by atoms with E-state index in [1.165, 1.54) is 0 Å². The Morgan fingerprint density at radius 3 is 2.42 bits per heavy atom. The number of halogens is 3. The van der Waals surface area contributed by atoms with Crippen molar-refractivity contribution in [2.75, 3.05) is 5.88 Å². The van der Waals surface area contributed by atoms with Crippen molar-refractivity contribution in [1.29, 1.82) is 0 Å². The van der Waals surface area contributed by atoms with Gasteiger partial charge in [0.25, 0.3) is 6.43 Å². The second kappa shape index (κ2) is 6.58. The van der Waals surface area contributed by atoms with Gasteiger partial charge in [0.05, 0.1) is 0 Å². The van der Waals surface area contributed by atoms with Gasteiger partial charge in [-0.3, -0.25) is 4.79 Å². The average molecular weight is 293 g/mol. The van der Waals surface area contributed by atoms with E-state index in [2.05, 4.69) is 0 Å². The van der Waals surface area contributed by atoms with Gasteiger partial charge in [0.1, 0.15) is 0 Å². The summed E-state index contributed by atoms with van der Waals surface area (Å²) in [5, 5.41) is 18.2. The number of benzene rings is 1. The van der Waals surface area contributed by atoms with Gasteiger partial charge >= 0.3 is 5.97 Å². The van der Waals surface area contributed by atoms with Crippen molar-refractivity contribution in [3.8, 4) is 0 Å². The Kier molecular flexibility index (Phi) is 5.38. The Bertz CT molecular complexity index is 491. The minimum absolute atomic E-state index is 0.0119. The average Bonchev–Trinajstić information content (AvgIpc) is 2.37. The summed E-state index contributed by atoms with van der Waals surface area (Å²) in [5.74, 6) is -2.12. The zero-order valence-electron chi connectivity index (χ0n) is 9.65. The standard InChI is InChI=1S/C12H11ClF2O4/c13-4-3-9(16)7-2-1-6(11(14)15)5-8(7)10(17)12(18)19/h1-2,5,10-11,17H,3-4H2,(H,18,19). The second-order valence-electron chi connectivity index (χ2n) is 3.75. The molecule has 0 aromatic heterocycles. The van der Waals surface area contributed by atoms with Crippen LogP contribution < -0.4 is 0 Å². The summed E-state index contributed by atoms with van der Waals surface area (Å²) in [6, 6.07) is 2.92. The van der Waals surface area contributed by atoms with E-state index < -0.39 is 29.8 Å². The van der Waals surface area contributed by atoms with Crippen LogP contribution in [-0.2, 0) is 4.79 Å². The summed E-state index contributed by atoms with van der Waals surface area (Å²) in [4.78, 5) is 22.4. The van der Waals surface area contributed by atoms with Gasteiger partial charge in [-0.25, -0.2) is 13.6 Å². The Morgan fingerprint density at radius 1 is 1.32 bits per heavy atom. The van der Waals surface area contributed by atoms with Crippen LogP contribution >= 0.6 is 11.6 Å². The lowest BCUT2D eigenvalue weighted by Crippen LogP contribution is -2.16. The first-order valence-electron chi connectivity index (χ1n) is 5.30. The zero-order chi connectivity index (χ0) is 14.6. The molecule has 104 valence electrons. The summed E-state index contributed by atoms with van der Waals surface area (Å²) in [7, 11) is 0. The van der Waals surface area contributed by atoms with Gasteiger partial charge in [0.2, 0.25) is 0 Å². The molecule has 0 amide bonds. The van der Waals surface area contributed by atoms with Gasteiger partial charge in [-0.1, -0.05) is 12.1 Å². The van der Waals surface area contributed by atoms with Crippen LogP contribution in [0.25, 0.3) is 0 Å². The number of ketones is 1. The first-order valence-corrected chi connectivity index (χ1v) is 5.84. The first-order chi connectivity index (χ1) is 8.88. The number of alkyl halides is 3. The van der Waals surface area contributed by atoms with Crippen molar-refractivity contribution in [2.45, 2.75) is 19.0 Å². The molecule has 19 heavy (non-hydrogen) atoms. The minimum atomic E-state index is -2.82. The number of carboxylic acid groups (broad SMARTS) is 1. The highest BCUT2D eigenvalue weighted by molar-refractivity contribution is 6.19. The van der Waals surface area contributed by atoms with Crippen LogP contribution in [0.15, 0.2) is 18.2 Å². The number of aliphatic hydroxyl groups excluding tert-OH is 1. The van der Waals surface area contributed by atoms with Crippen LogP contribution in [0, 0.1) is 0 Å². The maximum Gasteiger partial charge on any atom is 0.337 e. The number of Topliss-reactive ketones (excluding diaryl/α,β-unsaturated/α-hetero) is 1. The molecule has 4 nitrogen and oxygen atoms in total. The summed E-state index contributed by atoms with van der Waals surface area (Å²) in [5.41, 5.74) is -0.918. The molecule has 1 unspecified atom stereocenters. The van der Waals surface area contributed by atoms with Crippen LogP contribution in [0.3, 0.4) is 0 Å². The molecule has 1 atom stereocenters. The van der Waals surface area contributed by atoms with Gasteiger partial charge < -0.3 is 10.2 Å². The molecule has 0 saturated heterocycles. The predicted octanol–water partition coefficient (Wildman–Crippen LogP) is 2.55. The molecule has 0 heterocycles. The van der Waals surface area contributed by atoms with E-state index in [0.29, 0.717) is 0 Å². The van der Waals surface area contributed by atoms with Crippen LogP contribution in [0.4, 0.5) is 8.78 Å². The minimum Gasteiger partial charge on any atom is -0.479 e. The topological polar surface area (TPSA) is 74.6 Å². The number of carbonyl (C=O) groups excluding carboxylic acids is 1. The summed E-state index contributed by atoms with van der Waals surface area (Å²) in [6.45, 7) is 0. The fraction of sp³-hybridized carbons (Fsp3) is 0.333. The van der Waals surface area contributed by atoms with Crippen molar-refractivity contribution < 1.29 is 28.6 Å². The molecule has 0 spiro atoms. The van der Waals surface area contributed by atoms with Gasteiger partial charge in [-0.15, -0.1) is 11.6 Å². The van der Waals surface area contributed by atoms with E-state index in [4.69, 9.17) is 16.7 Å². The maximum atomic E-state index is 12.6. The number of rotatable bonds is 6. The van der Waals surface area contributed by atoms with Crippen LogP contribution in [0.1, 0.15) is 40.4 Å². The lowest BCUT2D eigenvalue weighted by molar-refractivity contribution is -0.146. The molecule has 0 aliphatic rings. The molecule has 7 heteroatoms. The molecule has 0 bridgehead atoms. The lowest BCUT2D eigenvalue weighted by Gasteiger charge is -2.13. The molecule has 0 aliphatic carbocycles. The number of aliphatic carboxylic acids is 1. The highest BCUT2D eigenvalue weighted by Gasteiger charge is 2.24. The van der Waals surface area contributed by atoms with E-state index in [-0.39, 0.29) is 23.4 Å². The van der Waals surface area contributed by atoms with Gasteiger partial charge in [0, 0.05) is 29.0 Å². The third kappa shape index (κ3) is 3.71. The Labute approximate surface area is 112 Å². The van der Waals surface area contributed by atoms with Crippen LogP contribution in [0.2, 0.25) is 0 Å². The van der Waals surface area contributed by atoms with E-state index in [9.17, 15) is 23.5 Å². The third-order valence-corrected chi connectivity index (χ3v) is 2.67. The molecule has 0 fully saturated rings. The van der Waals surface area contributed by atoms with Crippen molar-refractivity contribution in [1.82, 2.24) is 0 Å². The van der Waals surface area contributed by atoms with Crippen molar-refractivity contribution >= 4 is 23.4 Å². The largest absolute Gasteiger partial charge is 0.479 e. The number of carbonyl (C=O) groups is 2. The highest BCUT2D eigenvalue weighted by atomic mass is 35.5. The SMILES string of the molecule is O=C(CCCl)c1ccc(C(F)F)cc1C(O)C(=O)O. The van der Waals surface area contributed by atoms with Crippen molar-refractivity contribution in [3.63, 3.8) is 0 Å². The molecule has 0 radical (unpaired) electrons. The monoisotopic (exact) mass is 292 g/mol. The molecule has 0 saturated carbocycles. The third-order valence-electron chi connectivity index (χ3n) is 2.48. The van der Waals surface area contributed by atoms with E-state index >= 15 is 0 Å². The predicted molar refractivity (Wildman–Crippen MR) is 63.7 cm³/mol. The first kappa shape index (κ1) is 15.5. The van der Waals surface area contributed by atoms with Crippen LogP contribution in [-0.4, -0.2) is 27.8 Å². The van der Waals surface area contributed by atoms with Crippen molar-refractivity contribution in [2.24, 2.45) is 0 Å². The number of hydrogen-bond acceptors (Lipinski definition) is 3. The van der Waals surface area contributed by atoms with E-state index in [1.54, 1.807) is 0 Å². The van der Waals surface area contributed by atoms with Gasteiger partial charge in [-0.2, -0.15) is 0 Å².